The lowest BCUT2D eigenvalue weighted by molar-refractivity contribution is 0.361. The van der Waals surface area contributed by atoms with E-state index in [1.807, 2.05) is 67.6 Å². The van der Waals surface area contributed by atoms with Gasteiger partial charge in [-0.1, -0.05) is 24.1 Å². The van der Waals surface area contributed by atoms with Crippen LogP contribution in [0.3, 0.4) is 0 Å². The van der Waals surface area contributed by atoms with E-state index in [4.69, 9.17) is 15.9 Å². The first-order chi connectivity index (χ1) is 9.78. The minimum atomic E-state index is 0.467. The van der Waals surface area contributed by atoms with E-state index in [1.54, 1.807) is 0 Å². The van der Waals surface area contributed by atoms with Crippen molar-refractivity contribution in [3.63, 3.8) is 0 Å². The van der Waals surface area contributed by atoms with Crippen LogP contribution in [-0.4, -0.2) is 6.61 Å². The van der Waals surface area contributed by atoms with Gasteiger partial charge in [0.1, 0.15) is 23.9 Å². The van der Waals surface area contributed by atoms with Crippen LogP contribution in [0, 0.1) is 12.3 Å². The minimum Gasteiger partial charge on any atom is -0.489 e. The molecule has 0 aromatic heterocycles. The molecular weight excluding hydrogens is 248 g/mol. The van der Waals surface area contributed by atoms with E-state index in [1.165, 1.54) is 0 Å². The summed E-state index contributed by atoms with van der Waals surface area (Å²) in [5.74, 6) is 4.92. The van der Waals surface area contributed by atoms with Gasteiger partial charge in [-0.15, -0.1) is 6.42 Å². The minimum absolute atomic E-state index is 0.467. The summed E-state index contributed by atoms with van der Waals surface area (Å²) < 4.78 is 11.3. The fraction of sp³-hybridized carbons (Fsp3) is 0.111. The largest absolute Gasteiger partial charge is 0.489 e. The average Bonchev–Trinajstić information content (AvgIpc) is 2.50. The monoisotopic (exact) mass is 264 g/mol. The zero-order chi connectivity index (χ0) is 14.2. The fourth-order valence-corrected chi connectivity index (χ4v) is 1.55. The van der Waals surface area contributed by atoms with Crippen molar-refractivity contribution in [3.8, 4) is 29.6 Å². The predicted octanol–water partition coefficient (Wildman–Crippen LogP) is 4.44. The number of allylic oxidation sites excluding steroid dienone is 1. The molecule has 2 heteroatoms. The summed E-state index contributed by atoms with van der Waals surface area (Å²) >= 11 is 0. The first-order valence-corrected chi connectivity index (χ1v) is 6.37. The van der Waals surface area contributed by atoms with Crippen molar-refractivity contribution in [2.45, 2.75) is 6.92 Å². The topological polar surface area (TPSA) is 18.5 Å². The number of ether oxygens (including phenoxy) is 2. The third kappa shape index (κ3) is 4.22. The van der Waals surface area contributed by atoms with Gasteiger partial charge in [-0.05, 0) is 55.0 Å². The molecule has 2 aromatic rings. The Kier molecular flexibility index (Phi) is 4.86. The fourth-order valence-electron chi connectivity index (χ4n) is 1.55. The van der Waals surface area contributed by atoms with E-state index in [0.717, 1.165) is 22.8 Å². The Morgan fingerprint density at radius 2 is 1.60 bits per heavy atom. The average molecular weight is 264 g/mol. The van der Waals surface area contributed by atoms with Gasteiger partial charge in [0.2, 0.25) is 0 Å². The molecule has 0 amide bonds. The smallest absolute Gasteiger partial charge is 0.127 e. The lowest BCUT2D eigenvalue weighted by Gasteiger charge is -2.07. The maximum absolute atomic E-state index is 5.70. The summed E-state index contributed by atoms with van der Waals surface area (Å²) in [6, 6.07) is 17.2. The van der Waals surface area contributed by atoms with Crippen molar-refractivity contribution in [1.82, 2.24) is 0 Å². The van der Waals surface area contributed by atoms with E-state index < -0.39 is 0 Å². The molecule has 0 saturated carbocycles. The third-order valence-corrected chi connectivity index (χ3v) is 2.67. The first kappa shape index (κ1) is 13.8. The van der Waals surface area contributed by atoms with E-state index in [9.17, 15) is 0 Å². The molecule has 0 aliphatic rings. The Bertz CT molecular complexity index is 604. The molecule has 2 nitrogen and oxygen atoms in total. The molecule has 2 rings (SSSR count). The Balaban J connectivity index is 1.92. The maximum atomic E-state index is 5.70. The number of rotatable bonds is 5. The molecule has 2 aromatic carbocycles. The first-order valence-electron chi connectivity index (χ1n) is 6.37. The second-order valence-corrected chi connectivity index (χ2v) is 4.23. The quantitative estimate of drug-likeness (QED) is 0.743. The lowest BCUT2D eigenvalue weighted by atomic mass is 10.3. The summed E-state index contributed by atoms with van der Waals surface area (Å²) in [5.41, 5.74) is 0.869. The Morgan fingerprint density at radius 3 is 2.25 bits per heavy atom. The predicted molar refractivity (Wildman–Crippen MR) is 81.0 cm³/mol. The number of para-hydroxylation sites is 1. The molecule has 0 bridgehead atoms. The lowest BCUT2D eigenvalue weighted by Crippen LogP contribution is -1.94. The van der Waals surface area contributed by atoms with Gasteiger partial charge in [0.05, 0.1) is 0 Å². The standard InChI is InChI=1S/C18H16O2/c1-3-15(2)13-14-19-16-9-11-18(12-10-16)20-17-7-5-4-6-8-17/h1,4-13H,14H2,2H3. The molecule has 0 fully saturated rings. The Labute approximate surface area is 119 Å². The van der Waals surface area contributed by atoms with E-state index in [2.05, 4.69) is 5.92 Å². The third-order valence-electron chi connectivity index (χ3n) is 2.67. The molecular formula is C18H16O2. The van der Waals surface area contributed by atoms with Crippen LogP contribution in [0.1, 0.15) is 6.92 Å². The van der Waals surface area contributed by atoms with Gasteiger partial charge >= 0.3 is 0 Å². The second-order valence-electron chi connectivity index (χ2n) is 4.23. The molecule has 20 heavy (non-hydrogen) atoms. The molecule has 0 spiro atoms. The second kappa shape index (κ2) is 7.06. The molecule has 0 atom stereocenters. The van der Waals surface area contributed by atoms with E-state index in [0.29, 0.717) is 6.61 Å². The zero-order valence-corrected chi connectivity index (χ0v) is 11.4. The summed E-state index contributed by atoms with van der Waals surface area (Å²) in [6.45, 7) is 2.34. The highest BCUT2D eigenvalue weighted by molar-refractivity contribution is 5.35. The summed E-state index contributed by atoms with van der Waals surface area (Å²) in [6.07, 6.45) is 7.12. The maximum Gasteiger partial charge on any atom is 0.127 e. The van der Waals surface area contributed by atoms with Crippen LogP contribution >= 0.6 is 0 Å². The van der Waals surface area contributed by atoms with Crippen molar-refractivity contribution in [3.05, 3.63) is 66.2 Å². The van der Waals surface area contributed by atoms with E-state index >= 15 is 0 Å². The van der Waals surface area contributed by atoms with Gasteiger partial charge in [-0.2, -0.15) is 0 Å². The molecule has 0 radical (unpaired) electrons. The molecule has 0 saturated heterocycles. The van der Waals surface area contributed by atoms with Crippen LogP contribution in [0.4, 0.5) is 0 Å². The van der Waals surface area contributed by atoms with Crippen molar-refractivity contribution in [2.24, 2.45) is 0 Å². The van der Waals surface area contributed by atoms with Crippen molar-refractivity contribution < 1.29 is 9.47 Å². The molecule has 100 valence electrons. The zero-order valence-electron chi connectivity index (χ0n) is 11.4. The van der Waals surface area contributed by atoms with Gasteiger partial charge in [0.15, 0.2) is 0 Å². The normalized spacial score (nSPS) is 10.7. The Hall–Kier alpha value is -2.66. The van der Waals surface area contributed by atoms with Crippen LogP contribution in [0.25, 0.3) is 0 Å². The number of hydrogen-bond donors (Lipinski definition) is 0. The number of hydrogen-bond acceptors (Lipinski definition) is 2. The van der Waals surface area contributed by atoms with Gasteiger partial charge in [-0.25, -0.2) is 0 Å². The van der Waals surface area contributed by atoms with Crippen molar-refractivity contribution in [1.29, 1.82) is 0 Å². The molecule has 0 heterocycles. The molecule has 0 aliphatic heterocycles. The number of benzene rings is 2. The Morgan fingerprint density at radius 1 is 1.00 bits per heavy atom. The van der Waals surface area contributed by atoms with Crippen LogP contribution in [0.15, 0.2) is 66.2 Å². The highest BCUT2D eigenvalue weighted by Gasteiger charge is 1.97. The van der Waals surface area contributed by atoms with Gasteiger partial charge in [0.25, 0.3) is 0 Å². The summed E-state index contributed by atoms with van der Waals surface area (Å²) in [5, 5.41) is 0. The van der Waals surface area contributed by atoms with Gasteiger partial charge < -0.3 is 9.47 Å². The summed E-state index contributed by atoms with van der Waals surface area (Å²) in [7, 11) is 0. The van der Waals surface area contributed by atoms with Crippen molar-refractivity contribution >= 4 is 0 Å². The van der Waals surface area contributed by atoms with Gasteiger partial charge in [-0.3, -0.25) is 0 Å². The summed E-state index contributed by atoms with van der Waals surface area (Å²) in [4.78, 5) is 0. The van der Waals surface area contributed by atoms with Gasteiger partial charge in [0, 0.05) is 0 Å². The van der Waals surface area contributed by atoms with Crippen LogP contribution in [0.5, 0.6) is 17.2 Å². The highest BCUT2D eigenvalue weighted by atomic mass is 16.5. The van der Waals surface area contributed by atoms with Crippen LogP contribution < -0.4 is 9.47 Å². The van der Waals surface area contributed by atoms with Crippen LogP contribution in [0.2, 0.25) is 0 Å². The SMILES string of the molecule is C#CC(C)=CCOc1ccc(Oc2ccccc2)cc1. The van der Waals surface area contributed by atoms with Crippen molar-refractivity contribution in [2.75, 3.05) is 6.61 Å². The van der Waals surface area contributed by atoms with E-state index in [-0.39, 0.29) is 0 Å². The number of terminal acetylenes is 1. The van der Waals surface area contributed by atoms with Crippen LogP contribution in [-0.2, 0) is 0 Å². The highest BCUT2D eigenvalue weighted by Crippen LogP contribution is 2.23. The molecule has 0 N–H and O–H groups in total. The molecule has 0 unspecified atom stereocenters. The molecule has 0 aliphatic carbocycles.